The van der Waals surface area contributed by atoms with Crippen molar-refractivity contribution in [2.24, 2.45) is 0 Å². The zero-order valence-electron chi connectivity index (χ0n) is 18.6. The van der Waals surface area contributed by atoms with Crippen LogP contribution in [0.5, 0.6) is 5.75 Å². The minimum absolute atomic E-state index is 0.00601. The molecule has 0 saturated heterocycles. The molecule has 33 heavy (non-hydrogen) atoms. The van der Waals surface area contributed by atoms with E-state index < -0.39 is 16.0 Å². The van der Waals surface area contributed by atoms with Gasteiger partial charge in [0.25, 0.3) is 10.0 Å². The Morgan fingerprint density at radius 3 is 2.30 bits per heavy atom. The second-order valence-electron chi connectivity index (χ2n) is 7.06. The lowest BCUT2D eigenvalue weighted by Gasteiger charge is -2.25. The fourth-order valence-corrected chi connectivity index (χ4v) is 4.64. The van der Waals surface area contributed by atoms with Crippen molar-refractivity contribution in [1.29, 1.82) is 0 Å². The van der Waals surface area contributed by atoms with Crippen LogP contribution in [0.25, 0.3) is 0 Å². The van der Waals surface area contributed by atoms with E-state index in [1.807, 2.05) is 37.3 Å². The average molecular weight is 470 g/mol. The number of esters is 1. The minimum atomic E-state index is -4.00. The van der Waals surface area contributed by atoms with Gasteiger partial charge in [-0.3, -0.25) is 4.31 Å². The highest BCUT2D eigenvalue weighted by Gasteiger charge is 2.26. The second kappa shape index (κ2) is 11.5. The maximum atomic E-state index is 13.7. The number of sulfonamides is 1. The Morgan fingerprint density at radius 1 is 0.909 bits per heavy atom. The first-order valence-electron chi connectivity index (χ1n) is 10.5. The number of anilines is 1. The summed E-state index contributed by atoms with van der Waals surface area (Å²) in [6, 6.07) is 21.9. The first-order valence-corrected chi connectivity index (χ1v) is 12.0. The monoisotopic (exact) mass is 469 g/mol. The van der Waals surface area contributed by atoms with Crippen LogP contribution < -0.4 is 9.04 Å². The molecule has 0 amide bonds. The summed E-state index contributed by atoms with van der Waals surface area (Å²) in [7, 11) is -2.45. The van der Waals surface area contributed by atoms with Crippen molar-refractivity contribution >= 4 is 21.7 Å². The molecular weight excluding hydrogens is 442 g/mol. The Kier molecular flexibility index (Phi) is 8.46. The van der Waals surface area contributed by atoms with Crippen LogP contribution in [0.2, 0.25) is 0 Å². The molecule has 0 N–H and O–H groups in total. The van der Waals surface area contributed by atoms with Gasteiger partial charge in [0.1, 0.15) is 12.4 Å². The third-order valence-electron chi connectivity index (χ3n) is 4.85. The molecular formula is C25H27NO6S. The Balaban J connectivity index is 1.93. The fraction of sp³-hybridized carbons (Fsp3) is 0.240. The Bertz CT molecular complexity index is 1150. The molecule has 0 radical (unpaired) electrons. The fourth-order valence-electron chi connectivity index (χ4n) is 3.14. The first-order chi connectivity index (χ1) is 16.0. The summed E-state index contributed by atoms with van der Waals surface area (Å²) in [6.07, 6.45) is 0. The zero-order chi connectivity index (χ0) is 23.7. The molecule has 3 aromatic carbocycles. The normalized spacial score (nSPS) is 11.1. The van der Waals surface area contributed by atoms with E-state index in [1.54, 1.807) is 31.4 Å². The van der Waals surface area contributed by atoms with Gasteiger partial charge < -0.3 is 14.2 Å². The van der Waals surface area contributed by atoms with Crippen molar-refractivity contribution < 1.29 is 27.4 Å². The molecule has 0 aliphatic carbocycles. The molecule has 0 aliphatic heterocycles. The van der Waals surface area contributed by atoms with Gasteiger partial charge in [-0.05, 0) is 55.0 Å². The standard InChI is InChI=1S/C25H27NO6S/c1-3-31-16-17-32-25(27)21-10-7-11-24(18-21)33(28,29)26(19-20-8-5-4-6-9-20)22-12-14-23(30-2)15-13-22/h4-15,18H,3,16-17,19H2,1-2H3. The van der Waals surface area contributed by atoms with E-state index in [1.165, 1.54) is 28.6 Å². The summed E-state index contributed by atoms with van der Waals surface area (Å²) in [5.41, 5.74) is 1.45. The van der Waals surface area contributed by atoms with E-state index >= 15 is 0 Å². The van der Waals surface area contributed by atoms with E-state index in [2.05, 4.69) is 0 Å². The molecule has 3 aromatic rings. The van der Waals surface area contributed by atoms with Crippen molar-refractivity contribution in [3.8, 4) is 5.75 Å². The molecule has 0 bridgehead atoms. The van der Waals surface area contributed by atoms with Gasteiger partial charge in [-0.2, -0.15) is 0 Å². The van der Waals surface area contributed by atoms with Crippen molar-refractivity contribution in [2.45, 2.75) is 18.4 Å². The summed E-state index contributed by atoms with van der Waals surface area (Å²) >= 11 is 0. The van der Waals surface area contributed by atoms with Gasteiger partial charge in [-0.1, -0.05) is 36.4 Å². The van der Waals surface area contributed by atoms with E-state index in [0.29, 0.717) is 18.0 Å². The molecule has 174 valence electrons. The number of rotatable bonds is 11. The molecule has 0 aromatic heterocycles. The number of carbonyl (C=O) groups excluding carboxylic acids is 1. The lowest BCUT2D eigenvalue weighted by molar-refractivity contribution is 0.0335. The maximum Gasteiger partial charge on any atom is 0.338 e. The van der Waals surface area contributed by atoms with Crippen molar-refractivity contribution in [3.63, 3.8) is 0 Å². The third kappa shape index (κ3) is 6.34. The molecule has 0 saturated carbocycles. The Morgan fingerprint density at radius 2 is 1.64 bits per heavy atom. The molecule has 8 heteroatoms. The summed E-state index contributed by atoms with van der Waals surface area (Å²) in [5.74, 6) is 0.0124. The summed E-state index contributed by atoms with van der Waals surface area (Å²) < 4.78 is 44.2. The smallest absolute Gasteiger partial charge is 0.338 e. The summed E-state index contributed by atoms with van der Waals surface area (Å²) in [5, 5.41) is 0. The number of methoxy groups -OCH3 is 1. The van der Waals surface area contributed by atoms with Gasteiger partial charge >= 0.3 is 5.97 Å². The van der Waals surface area contributed by atoms with Crippen LogP contribution in [0.1, 0.15) is 22.8 Å². The molecule has 0 spiro atoms. The van der Waals surface area contributed by atoms with Crippen LogP contribution in [-0.4, -0.2) is 41.3 Å². The number of nitrogens with zero attached hydrogens (tertiary/aromatic N) is 1. The molecule has 0 unspecified atom stereocenters. The highest BCUT2D eigenvalue weighted by Crippen LogP contribution is 2.28. The van der Waals surface area contributed by atoms with E-state index in [-0.39, 0.29) is 30.2 Å². The van der Waals surface area contributed by atoms with E-state index in [4.69, 9.17) is 14.2 Å². The van der Waals surface area contributed by atoms with Crippen LogP contribution in [0.3, 0.4) is 0 Å². The SMILES string of the molecule is CCOCCOC(=O)c1cccc(S(=O)(=O)N(Cc2ccccc2)c2ccc(OC)cc2)c1. The molecule has 0 fully saturated rings. The average Bonchev–Trinajstić information content (AvgIpc) is 2.86. The lowest BCUT2D eigenvalue weighted by atomic mass is 10.2. The van der Waals surface area contributed by atoms with Gasteiger partial charge in [-0.25, -0.2) is 13.2 Å². The topological polar surface area (TPSA) is 82.1 Å². The Labute approximate surface area is 194 Å². The predicted molar refractivity (Wildman–Crippen MR) is 126 cm³/mol. The van der Waals surface area contributed by atoms with Gasteiger partial charge in [0.15, 0.2) is 0 Å². The minimum Gasteiger partial charge on any atom is -0.497 e. The highest BCUT2D eigenvalue weighted by molar-refractivity contribution is 7.92. The first kappa shape index (κ1) is 24.3. The molecule has 0 heterocycles. The zero-order valence-corrected chi connectivity index (χ0v) is 19.5. The maximum absolute atomic E-state index is 13.7. The number of hydrogen-bond acceptors (Lipinski definition) is 6. The van der Waals surface area contributed by atoms with E-state index in [0.717, 1.165) is 5.56 Å². The number of benzene rings is 3. The second-order valence-corrected chi connectivity index (χ2v) is 8.92. The van der Waals surface area contributed by atoms with E-state index in [9.17, 15) is 13.2 Å². The van der Waals surface area contributed by atoms with Gasteiger partial charge in [0.2, 0.25) is 0 Å². The van der Waals surface area contributed by atoms with Gasteiger partial charge in [-0.15, -0.1) is 0 Å². The van der Waals surface area contributed by atoms with Crippen LogP contribution in [-0.2, 0) is 26.0 Å². The molecule has 0 aliphatic rings. The summed E-state index contributed by atoms with van der Waals surface area (Å²) in [4.78, 5) is 12.4. The quantitative estimate of drug-likeness (QED) is 0.308. The van der Waals surface area contributed by atoms with Crippen LogP contribution in [0.4, 0.5) is 5.69 Å². The number of carbonyl (C=O) groups is 1. The van der Waals surface area contributed by atoms with Gasteiger partial charge in [0, 0.05) is 6.61 Å². The van der Waals surface area contributed by atoms with Crippen molar-refractivity contribution in [3.05, 3.63) is 90.0 Å². The van der Waals surface area contributed by atoms with Crippen LogP contribution >= 0.6 is 0 Å². The largest absolute Gasteiger partial charge is 0.497 e. The van der Waals surface area contributed by atoms with Crippen molar-refractivity contribution in [2.75, 3.05) is 31.2 Å². The number of ether oxygens (including phenoxy) is 3. The Hall–Kier alpha value is -3.36. The van der Waals surface area contributed by atoms with Gasteiger partial charge in [0.05, 0.1) is 36.4 Å². The van der Waals surface area contributed by atoms with Crippen LogP contribution in [0, 0.1) is 0 Å². The predicted octanol–water partition coefficient (Wildman–Crippen LogP) is 4.28. The summed E-state index contributed by atoms with van der Waals surface area (Å²) in [6.45, 7) is 2.87. The molecule has 3 rings (SSSR count). The third-order valence-corrected chi connectivity index (χ3v) is 6.62. The lowest BCUT2D eigenvalue weighted by Crippen LogP contribution is -2.30. The number of hydrogen-bond donors (Lipinski definition) is 0. The van der Waals surface area contributed by atoms with Crippen LogP contribution in [0.15, 0.2) is 83.8 Å². The molecule has 7 nitrogen and oxygen atoms in total. The van der Waals surface area contributed by atoms with Crippen molar-refractivity contribution in [1.82, 2.24) is 0 Å². The highest BCUT2D eigenvalue weighted by atomic mass is 32.2. The molecule has 0 atom stereocenters.